The Labute approximate surface area is 258 Å². The SMILES string of the molecule is CCCCC(=O)OCC(=O)C1(O)Cc2c(O)c3c(c(O)c2C(OC2CC(N)C(O)C(C)O2)C1)C(=O)c1c(OC)cccc1C3=O. The van der Waals surface area contributed by atoms with E-state index < -0.39 is 102 Å². The molecule has 45 heavy (non-hydrogen) atoms. The summed E-state index contributed by atoms with van der Waals surface area (Å²) in [5.41, 5.74) is 2.33. The van der Waals surface area contributed by atoms with Gasteiger partial charge < -0.3 is 45.1 Å². The molecule has 2 aliphatic carbocycles. The average molecular weight is 628 g/mol. The van der Waals surface area contributed by atoms with E-state index in [2.05, 4.69) is 0 Å². The minimum absolute atomic E-state index is 0.00156. The first-order chi connectivity index (χ1) is 21.3. The van der Waals surface area contributed by atoms with Gasteiger partial charge in [-0.05, 0) is 19.4 Å². The molecule has 5 rings (SSSR count). The summed E-state index contributed by atoms with van der Waals surface area (Å²) in [4.78, 5) is 53.0. The van der Waals surface area contributed by atoms with Gasteiger partial charge in [0.2, 0.25) is 11.6 Å². The van der Waals surface area contributed by atoms with Crippen molar-refractivity contribution in [3.05, 3.63) is 51.6 Å². The standard InChI is InChI=1S/C32H37NO12/c1-4-5-9-21(35)43-13-20(34)32(41)11-16-24(19(12-32)45-22-10-17(33)27(36)14(2)44-22)31(40)26-25(29(16)38)28(37)15-7-6-8-18(42-3)23(15)30(26)39/h6-8,14,17,19,22,27,36,38,40-41H,4-5,9-13,33H2,1-3H3. The van der Waals surface area contributed by atoms with E-state index in [4.69, 9.17) is 24.7 Å². The maximum atomic E-state index is 13.8. The molecule has 2 aromatic carbocycles. The first kappa shape index (κ1) is 32.5. The second-order valence-electron chi connectivity index (χ2n) is 11.8. The molecule has 6 N–H and O–H groups in total. The van der Waals surface area contributed by atoms with Crippen molar-refractivity contribution in [2.24, 2.45) is 5.73 Å². The Morgan fingerprint density at radius 1 is 1.11 bits per heavy atom. The maximum absolute atomic E-state index is 13.8. The van der Waals surface area contributed by atoms with Crippen LogP contribution in [0.25, 0.3) is 0 Å². The van der Waals surface area contributed by atoms with Crippen molar-refractivity contribution in [2.45, 2.75) is 88.6 Å². The van der Waals surface area contributed by atoms with Crippen LogP contribution in [0.1, 0.15) is 95.0 Å². The van der Waals surface area contributed by atoms with Gasteiger partial charge in [0, 0.05) is 48.4 Å². The molecule has 6 atom stereocenters. The number of methoxy groups -OCH3 is 1. The van der Waals surface area contributed by atoms with E-state index in [0.717, 1.165) is 6.42 Å². The number of phenols is 2. The average Bonchev–Trinajstić information content (AvgIpc) is 3.01. The molecule has 6 unspecified atom stereocenters. The van der Waals surface area contributed by atoms with Crippen molar-refractivity contribution in [1.29, 1.82) is 0 Å². The normalized spacial score (nSPS) is 27.3. The number of carbonyl (C=O) groups excluding carboxylic acids is 4. The third-order valence-corrected chi connectivity index (χ3v) is 8.76. The van der Waals surface area contributed by atoms with Crippen LogP contribution in [-0.4, -0.2) is 87.6 Å². The zero-order chi connectivity index (χ0) is 32.8. The molecule has 13 nitrogen and oxygen atoms in total. The number of benzene rings is 2. The van der Waals surface area contributed by atoms with Crippen molar-refractivity contribution in [1.82, 2.24) is 0 Å². The van der Waals surface area contributed by atoms with E-state index in [9.17, 15) is 39.6 Å². The molecule has 0 amide bonds. The van der Waals surface area contributed by atoms with Gasteiger partial charge >= 0.3 is 5.97 Å². The van der Waals surface area contributed by atoms with E-state index in [1.54, 1.807) is 6.92 Å². The molecule has 3 aliphatic rings. The van der Waals surface area contributed by atoms with Crippen LogP contribution in [0.2, 0.25) is 0 Å². The molecule has 242 valence electrons. The lowest BCUT2D eigenvalue weighted by Gasteiger charge is -2.42. The van der Waals surface area contributed by atoms with Gasteiger partial charge in [0.05, 0.1) is 42.1 Å². The summed E-state index contributed by atoms with van der Waals surface area (Å²) in [5.74, 6) is -4.38. The summed E-state index contributed by atoms with van der Waals surface area (Å²) in [7, 11) is 1.32. The summed E-state index contributed by atoms with van der Waals surface area (Å²) in [6.07, 6.45) is -3.92. The molecular weight excluding hydrogens is 590 g/mol. The largest absolute Gasteiger partial charge is 0.507 e. The summed E-state index contributed by atoms with van der Waals surface area (Å²) >= 11 is 0. The Hall–Kier alpha value is -3.88. The highest BCUT2D eigenvalue weighted by atomic mass is 16.7. The molecule has 0 bridgehead atoms. The zero-order valence-corrected chi connectivity index (χ0v) is 25.2. The number of hydrogen-bond donors (Lipinski definition) is 5. The number of aliphatic hydroxyl groups excluding tert-OH is 1. The number of aromatic hydroxyl groups is 2. The van der Waals surface area contributed by atoms with Crippen LogP contribution in [0.3, 0.4) is 0 Å². The molecule has 2 aromatic rings. The number of fused-ring (bicyclic) bond motifs is 3. The minimum atomic E-state index is -2.29. The predicted molar refractivity (Wildman–Crippen MR) is 155 cm³/mol. The second kappa shape index (κ2) is 12.5. The van der Waals surface area contributed by atoms with E-state index in [1.165, 1.54) is 25.3 Å². The van der Waals surface area contributed by atoms with Crippen molar-refractivity contribution in [3.63, 3.8) is 0 Å². The van der Waals surface area contributed by atoms with Crippen LogP contribution in [-0.2, 0) is 30.2 Å². The highest BCUT2D eigenvalue weighted by molar-refractivity contribution is 6.31. The number of carbonyl (C=O) groups is 4. The third kappa shape index (κ3) is 5.70. The van der Waals surface area contributed by atoms with Gasteiger partial charge in [-0.1, -0.05) is 25.5 Å². The Balaban J connectivity index is 1.60. The number of hydrogen-bond acceptors (Lipinski definition) is 13. The van der Waals surface area contributed by atoms with Gasteiger partial charge in [-0.2, -0.15) is 0 Å². The van der Waals surface area contributed by atoms with Crippen LogP contribution in [0.4, 0.5) is 0 Å². The number of phenolic OH excluding ortho intramolecular Hbond substituents is 2. The lowest BCUT2D eigenvalue weighted by atomic mass is 9.72. The quantitative estimate of drug-likeness (QED) is 0.169. The molecule has 0 spiro atoms. The summed E-state index contributed by atoms with van der Waals surface area (Å²) in [6.45, 7) is 2.70. The fourth-order valence-electron chi connectivity index (χ4n) is 6.28. The first-order valence-corrected chi connectivity index (χ1v) is 14.9. The number of nitrogens with two attached hydrogens (primary N) is 1. The number of Topliss-reactive ketones (excluding diaryl/α,β-unsaturated/α-hetero) is 1. The summed E-state index contributed by atoms with van der Waals surface area (Å²) in [6, 6.07) is 3.61. The lowest BCUT2D eigenvalue weighted by Crippen LogP contribution is -2.53. The molecule has 0 aromatic heterocycles. The Morgan fingerprint density at radius 2 is 1.82 bits per heavy atom. The summed E-state index contributed by atoms with van der Waals surface area (Å²) in [5, 5.41) is 45.1. The number of esters is 1. The first-order valence-electron chi connectivity index (χ1n) is 14.9. The number of rotatable bonds is 9. The van der Waals surface area contributed by atoms with Crippen LogP contribution >= 0.6 is 0 Å². The molecule has 13 heteroatoms. The third-order valence-electron chi connectivity index (χ3n) is 8.76. The van der Waals surface area contributed by atoms with E-state index in [1.807, 2.05) is 6.92 Å². The van der Waals surface area contributed by atoms with Gasteiger partial charge in [0.15, 0.2) is 18.7 Å². The Bertz CT molecular complexity index is 1540. The van der Waals surface area contributed by atoms with Crippen LogP contribution in [0, 0.1) is 0 Å². The van der Waals surface area contributed by atoms with Crippen molar-refractivity contribution in [2.75, 3.05) is 13.7 Å². The highest BCUT2D eigenvalue weighted by Gasteiger charge is 2.50. The van der Waals surface area contributed by atoms with Crippen molar-refractivity contribution in [3.8, 4) is 17.2 Å². The number of unbranched alkanes of at least 4 members (excludes halogenated alkanes) is 1. The molecule has 0 saturated carbocycles. The lowest BCUT2D eigenvalue weighted by molar-refractivity contribution is -0.247. The smallest absolute Gasteiger partial charge is 0.306 e. The van der Waals surface area contributed by atoms with Gasteiger partial charge in [-0.3, -0.25) is 19.2 Å². The Kier molecular flexibility index (Phi) is 9.02. The molecule has 0 radical (unpaired) electrons. The van der Waals surface area contributed by atoms with Crippen LogP contribution < -0.4 is 10.5 Å². The van der Waals surface area contributed by atoms with Crippen LogP contribution in [0.5, 0.6) is 17.2 Å². The predicted octanol–water partition coefficient (Wildman–Crippen LogP) is 1.74. The van der Waals surface area contributed by atoms with Gasteiger partial charge in [-0.25, -0.2) is 0 Å². The monoisotopic (exact) mass is 627 g/mol. The molecular formula is C32H37NO12. The zero-order valence-electron chi connectivity index (χ0n) is 25.2. The van der Waals surface area contributed by atoms with E-state index >= 15 is 0 Å². The van der Waals surface area contributed by atoms with Crippen LogP contribution in [0.15, 0.2) is 18.2 Å². The Morgan fingerprint density at radius 3 is 2.49 bits per heavy atom. The molecule has 1 saturated heterocycles. The fraction of sp³-hybridized carbons (Fsp3) is 0.500. The number of ether oxygens (including phenoxy) is 4. The fourth-order valence-corrected chi connectivity index (χ4v) is 6.28. The van der Waals surface area contributed by atoms with E-state index in [0.29, 0.717) is 6.42 Å². The van der Waals surface area contributed by atoms with E-state index in [-0.39, 0.29) is 40.8 Å². The minimum Gasteiger partial charge on any atom is -0.507 e. The topological polar surface area (TPSA) is 212 Å². The van der Waals surface area contributed by atoms with Crippen molar-refractivity contribution < 1.29 is 58.6 Å². The second-order valence-corrected chi connectivity index (χ2v) is 11.8. The number of aliphatic hydroxyl groups is 2. The molecule has 1 fully saturated rings. The highest BCUT2D eigenvalue weighted by Crippen LogP contribution is 2.52. The summed E-state index contributed by atoms with van der Waals surface area (Å²) < 4.78 is 22.3. The van der Waals surface area contributed by atoms with Gasteiger partial charge in [0.25, 0.3) is 0 Å². The molecule has 1 heterocycles. The van der Waals surface area contributed by atoms with Gasteiger partial charge in [-0.15, -0.1) is 0 Å². The van der Waals surface area contributed by atoms with Crippen molar-refractivity contribution >= 4 is 23.3 Å². The number of ketones is 3. The van der Waals surface area contributed by atoms with Gasteiger partial charge in [0.1, 0.15) is 22.8 Å². The maximum Gasteiger partial charge on any atom is 0.306 e. The molecule has 1 aliphatic heterocycles.